The Balaban J connectivity index is 1.92. The number of sulfonamides is 1. The van der Waals surface area contributed by atoms with E-state index < -0.39 is 15.9 Å². The fourth-order valence-electron chi connectivity index (χ4n) is 2.64. The van der Waals surface area contributed by atoms with Crippen molar-refractivity contribution in [2.75, 3.05) is 25.5 Å². The van der Waals surface area contributed by atoms with Gasteiger partial charge in [-0.3, -0.25) is 4.79 Å². The average Bonchev–Trinajstić information content (AvgIpc) is 2.61. The average molecular weight is 296 g/mol. The van der Waals surface area contributed by atoms with E-state index in [0.717, 1.165) is 17.1 Å². The number of nitrogens with two attached hydrogens (primary N) is 1. The highest BCUT2D eigenvalue weighted by Crippen LogP contribution is 2.33. The number of carbonyl (C=O) groups excluding carboxylic acids is 1. The lowest BCUT2D eigenvalue weighted by Crippen LogP contribution is -2.36. The van der Waals surface area contributed by atoms with Crippen molar-refractivity contribution < 1.29 is 17.9 Å². The van der Waals surface area contributed by atoms with Gasteiger partial charge in [0.05, 0.1) is 5.56 Å². The van der Waals surface area contributed by atoms with Gasteiger partial charge in [-0.25, -0.2) is 12.7 Å². The Bertz CT molecular complexity index is 650. The summed E-state index contributed by atoms with van der Waals surface area (Å²) < 4.78 is 31.1. The first-order valence-corrected chi connectivity index (χ1v) is 7.98. The van der Waals surface area contributed by atoms with Crippen molar-refractivity contribution >= 4 is 21.6 Å². The lowest BCUT2D eigenvalue weighted by molar-refractivity contribution is 0.0567. The number of carbonyl (C=O) groups is 1. The fourth-order valence-corrected chi connectivity index (χ4v) is 4.32. The maximum atomic E-state index is 12.4. The molecule has 1 fully saturated rings. The molecule has 1 saturated heterocycles. The zero-order chi connectivity index (χ0) is 14.3. The molecule has 3 rings (SSSR count). The molecule has 2 N–H and O–H groups in total. The van der Waals surface area contributed by atoms with Crippen molar-refractivity contribution in [3.63, 3.8) is 0 Å². The third-order valence-corrected chi connectivity index (χ3v) is 5.58. The van der Waals surface area contributed by atoms with Gasteiger partial charge in [0.25, 0.3) is 15.9 Å². The molecule has 7 heteroatoms. The highest BCUT2D eigenvalue weighted by atomic mass is 32.2. The van der Waals surface area contributed by atoms with E-state index >= 15 is 0 Å². The molecule has 0 bridgehead atoms. The van der Waals surface area contributed by atoms with Crippen LogP contribution in [-0.2, 0) is 14.8 Å². The largest absolute Gasteiger partial charge is 0.399 e. The van der Waals surface area contributed by atoms with Crippen LogP contribution in [0.25, 0.3) is 0 Å². The highest BCUT2D eigenvalue weighted by Gasteiger charge is 2.42. The van der Waals surface area contributed by atoms with E-state index in [-0.39, 0.29) is 22.9 Å². The van der Waals surface area contributed by atoms with Gasteiger partial charge in [0.2, 0.25) is 0 Å². The van der Waals surface area contributed by atoms with Gasteiger partial charge in [-0.2, -0.15) is 0 Å². The second-order valence-corrected chi connectivity index (χ2v) is 6.98. The summed E-state index contributed by atoms with van der Waals surface area (Å²) in [6.45, 7) is 1.46. The summed E-state index contributed by atoms with van der Waals surface area (Å²) in [5.41, 5.74) is 6.17. The van der Waals surface area contributed by atoms with E-state index in [0.29, 0.717) is 18.9 Å². The summed E-state index contributed by atoms with van der Waals surface area (Å²) in [5.74, 6) is -0.291. The van der Waals surface area contributed by atoms with Crippen LogP contribution in [0.3, 0.4) is 0 Å². The minimum Gasteiger partial charge on any atom is -0.399 e. The number of hydrogen-bond acceptors (Lipinski definition) is 5. The molecule has 2 aliphatic rings. The van der Waals surface area contributed by atoms with Gasteiger partial charge >= 0.3 is 0 Å². The maximum absolute atomic E-state index is 12.4. The van der Waals surface area contributed by atoms with E-state index in [1.807, 2.05) is 0 Å². The predicted molar refractivity (Wildman–Crippen MR) is 72.6 cm³/mol. The van der Waals surface area contributed by atoms with E-state index in [2.05, 4.69) is 0 Å². The highest BCUT2D eigenvalue weighted by molar-refractivity contribution is 7.90. The molecule has 20 heavy (non-hydrogen) atoms. The molecule has 0 saturated carbocycles. The minimum atomic E-state index is -3.75. The lowest BCUT2D eigenvalue weighted by atomic mass is 10.0. The van der Waals surface area contributed by atoms with Crippen LogP contribution in [0.2, 0.25) is 0 Å². The Labute approximate surface area is 117 Å². The Hall–Kier alpha value is -1.60. The van der Waals surface area contributed by atoms with Crippen LogP contribution < -0.4 is 5.73 Å². The van der Waals surface area contributed by atoms with Gasteiger partial charge < -0.3 is 10.5 Å². The number of amides is 1. The summed E-state index contributed by atoms with van der Waals surface area (Å²) >= 11 is 0. The van der Waals surface area contributed by atoms with Crippen molar-refractivity contribution in [2.24, 2.45) is 5.92 Å². The van der Waals surface area contributed by atoms with E-state index in [1.165, 1.54) is 12.1 Å². The number of rotatable bonds is 2. The molecule has 2 aliphatic heterocycles. The third-order valence-electron chi connectivity index (χ3n) is 3.80. The monoisotopic (exact) mass is 296 g/mol. The number of nitrogen functional groups attached to an aromatic ring is 1. The number of fused-ring (bicyclic) bond motifs is 1. The molecule has 1 amide bonds. The molecule has 108 valence electrons. The second-order valence-electron chi connectivity index (χ2n) is 5.15. The first-order chi connectivity index (χ1) is 9.50. The van der Waals surface area contributed by atoms with E-state index in [9.17, 15) is 13.2 Å². The molecule has 0 unspecified atom stereocenters. The van der Waals surface area contributed by atoms with Crippen molar-refractivity contribution in [1.82, 2.24) is 4.31 Å². The lowest BCUT2D eigenvalue weighted by Gasteiger charge is -2.26. The molecule has 0 spiro atoms. The Morgan fingerprint density at radius 1 is 1.30 bits per heavy atom. The van der Waals surface area contributed by atoms with Crippen molar-refractivity contribution in [3.05, 3.63) is 23.8 Å². The molecule has 0 atom stereocenters. The van der Waals surface area contributed by atoms with Crippen molar-refractivity contribution in [3.8, 4) is 0 Å². The number of ether oxygens (including phenoxy) is 1. The molecular formula is C13H16N2O4S. The number of benzene rings is 1. The summed E-state index contributed by atoms with van der Waals surface area (Å²) in [5, 5.41) is 0. The topological polar surface area (TPSA) is 89.7 Å². The first kappa shape index (κ1) is 13.4. The van der Waals surface area contributed by atoms with Crippen LogP contribution in [-0.4, -0.2) is 38.4 Å². The molecule has 1 aromatic rings. The van der Waals surface area contributed by atoms with Gasteiger partial charge in [0, 0.05) is 25.4 Å². The number of nitrogens with zero attached hydrogens (tertiary/aromatic N) is 1. The van der Waals surface area contributed by atoms with Crippen LogP contribution >= 0.6 is 0 Å². The van der Waals surface area contributed by atoms with Crippen molar-refractivity contribution in [1.29, 1.82) is 0 Å². The third kappa shape index (κ3) is 2.06. The van der Waals surface area contributed by atoms with Crippen LogP contribution in [0.4, 0.5) is 5.69 Å². The van der Waals surface area contributed by atoms with Gasteiger partial charge in [-0.05, 0) is 37.0 Å². The molecule has 1 aromatic carbocycles. The summed E-state index contributed by atoms with van der Waals surface area (Å²) in [4.78, 5) is 12.3. The molecule has 0 aromatic heterocycles. The molecule has 0 aliphatic carbocycles. The van der Waals surface area contributed by atoms with Crippen LogP contribution in [0.15, 0.2) is 23.1 Å². The Morgan fingerprint density at radius 2 is 2.00 bits per heavy atom. The summed E-state index contributed by atoms with van der Waals surface area (Å²) in [6, 6.07) is 4.38. The number of hydrogen-bond donors (Lipinski definition) is 1. The molecule has 6 nitrogen and oxygen atoms in total. The maximum Gasteiger partial charge on any atom is 0.269 e. The number of anilines is 1. The minimum absolute atomic E-state index is 0.0227. The Morgan fingerprint density at radius 3 is 2.70 bits per heavy atom. The fraction of sp³-hybridized carbons (Fsp3) is 0.462. The van der Waals surface area contributed by atoms with Gasteiger partial charge in [0.1, 0.15) is 4.90 Å². The van der Waals surface area contributed by atoms with Crippen LogP contribution in [0, 0.1) is 5.92 Å². The zero-order valence-corrected chi connectivity index (χ0v) is 11.7. The van der Waals surface area contributed by atoms with Crippen molar-refractivity contribution in [2.45, 2.75) is 17.7 Å². The van der Waals surface area contributed by atoms with Crippen LogP contribution in [0.1, 0.15) is 23.2 Å². The summed E-state index contributed by atoms with van der Waals surface area (Å²) in [7, 11) is -3.75. The molecule has 2 heterocycles. The van der Waals surface area contributed by atoms with E-state index in [1.54, 1.807) is 6.07 Å². The zero-order valence-electron chi connectivity index (χ0n) is 10.9. The standard InChI is InChI=1S/C13H16N2O4S/c14-10-1-2-11-12(7-10)20(17,18)15(13(11)16)8-9-3-5-19-6-4-9/h1-2,7,9H,3-6,8,14H2. The molecule has 0 radical (unpaired) electrons. The quantitative estimate of drug-likeness (QED) is 0.817. The summed E-state index contributed by atoms with van der Waals surface area (Å²) in [6.07, 6.45) is 1.55. The van der Waals surface area contributed by atoms with Gasteiger partial charge in [-0.15, -0.1) is 0 Å². The normalized spacial score (nSPS) is 22.0. The predicted octanol–water partition coefficient (Wildman–Crippen LogP) is 0.840. The van der Waals surface area contributed by atoms with Crippen LogP contribution in [0.5, 0.6) is 0 Å². The SMILES string of the molecule is Nc1ccc2c(c1)S(=O)(=O)N(CC1CCOCC1)C2=O. The first-order valence-electron chi connectivity index (χ1n) is 6.54. The van der Waals surface area contributed by atoms with E-state index in [4.69, 9.17) is 10.5 Å². The molecular weight excluding hydrogens is 280 g/mol. The Kier molecular flexibility index (Phi) is 3.18. The van der Waals surface area contributed by atoms with Gasteiger partial charge in [0.15, 0.2) is 0 Å². The second kappa shape index (κ2) is 4.75. The smallest absolute Gasteiger partial charge is 0.269 e. The van der Waals surface area contributed by atoms with Gasteiger partial charge in [-0.1, -0.05) is 0 Å².